The fraction of sp³-hybridized carbons (Fsp3) is 0.381. The molecule has 32 heavy (non-hydrogen) atoms. The molecule has 1 saturated heterocycles. The molecule has 1 amide bonds. The summed E-state index contributed by atoms with van der Waals surface area (Å²) in [6, 6.07) is 9.40. The Morgan fingerprint density at radius 2 is 1.78 bits per heavy atom. The molecule has 6 nitrogen and oxygen atoms in total. The van der Waals surface area contributed by atoms with E-state index in [4.69, 9.17) is 16.3 Å². The molecule has 1 aliphatic rings. The molecule has 0 saturated carbocycles. The second kappa shape index (κ2) is 9.68. The van der Waals surface area contributed by atoms with Gasteiger partial charge < -0.3 is 10.1 Å². The van der Waals surface area contributed by atoms with E-state index in [9.17, 15) is 26.4 Å². The molecule has 1 N–H and O–H groups in total. The average Bonchev–Trinajstić information content (AvgIpc) is 2.74. The SMILES string of the molecule is CCOc1ccc(NC(=O)C2CCN(S(=O)(=O)c3ccc(Cl)c(C(F)(F)F)c3)CC2)cc1. The van der Waals surface area contributed by atoms with E-state index in [1.54, 1.807) is 24.3 Å². The Labute approximate surface area is 189 Å². The number of ether oxygens (including phenoxy) is 1. The number of sulfonamides is 1. The number of halogens is 4. The summed E-state index contributed by atoms with van der Waals surface area (Å²) in [7, 11) is -4.15. The molecule has 0 aliphatic carbocycles. The number of benzene rings is 2. The predicted molar refractivity (Wildman–Crippen MR) is 114 cm³/mol. The summed E-state index contributed by atoms with van der Waals surface area (Å²) >= 11 is 5.58. The average molecular weight is 491 g/mol. The summed E-state index contributed by atoms with van der Waals surface area (Å²) in [5, 5.41) is 2.23. The van der Waals surface area contributed by atoms with Gasteiger partial charge in [0, 0.05) is 24.7 Å². The molecular formula is C21H22ClF3N2O4S. The van der Waals surface area contributed by atoms with Crippen molar-refractivity contribution in [1.29, 1.82) is 0 Å². The summed E-state index contributed by atoms with van der Waals surface area (Å²) in [6.45, 7) is 2.44. The molecule has 0 spiro atoms. The van der Waals surface area contributed by atoms with Crippen molar-refractivity contribution in [2.75, 3.05) is 25.0 Å². The molecule has 1 aliphatic heterocycles. The molecule has 3 rings (SSSR count). The lowest BCUT2D eigenvalue weighted by Crippen LogP contribution is -2.41. The normalized spacial score (nSPS) is 16.0. The van der Waals surface area contributed by atoms with Gasteiger partial charge in [-0.15, -0.1) is 0 Å². The molecule has 0 bridgehead atoms. The van der Waals surface area contributed by atoms with Crippen LogP contribution < -0.4 is 10.1 Å². The summed E-state index contributed by atoms with van der Waals surface area (Å²) < 4.78 is 71.4. The van der Waals surface area contributed by atoms with Crippen molar-refractivity contribution in [2.24, 2.45) is 5.92 Å². The van der Waals surface area contributed by atoms with Gasteiger partial charge in [-0.1, -0.05) is 11.6 Å². The fourth-order valence-electron chi connectivity index (χ4n) is 3.43. The highest BCUT2D eigenvalue weighted by Gasteiger charge is 2.37. The maximum absolute atomic E-state index is 13.1. The molecule has 11 heteroatoms. The highest BCUT2D eigenvalue weighted by molar-refractivity contribution is 7.89. The van der Waals surface area contributed by atoms with Crippen LogP contribution in [0.4, 0.5) is 18.9 Å². The molecule has 2 aromatic rings. The van der Waals surface area contributed by atoms with E-state index in [1.165, 1.54) is 0 Å². The molecule has 1 fully saturated rings. The standard InChI is InChI=1S/C21H22ClF3N2O4S/c1-2-31-16-5-3-15(4-6-16)26-20(28)14-9-11-27(12-10-14)32(29,30)17-7-8-19(22)18(13-17)21(23,24)25/h3-8,13-14H,2,9-12H2,1H3,(H,26,28). The third kappa shape index (κ3) is 5.54. The fourth-order valence-corrected chi connectivity index (χ4v) is 5.16. The Bertz CT molecular complexity index is 1070. The van der Waals surface area contributed by atoms with Gasteiger partial charge in [0.2, 0.25) is 15.9 Å². The number of nitrogens with zero attached hydrogens (tertiary/aromatic N) is 1. The van der Waals surface area contributed by atoms with Crippen LogP contribution in [0.25, 0.3) is 0 Å². The van der Waals surface area contributed by atoms with Crippen molar-refractivity contribution in [1.82, 2.24) is 4.31 Å². The van der Waals surface area contributed by atoms with Gasteiger partial charge in [-0.05, 0) is 62.2 Å². The molecule has 0 radical (unpaired) electrons. The number of carbonyl (C=O) groups is 1. The maximum atomic E-state index is 13.1. The third-order valence-corrected chi connectivity index (χ3v) is 7.36. The first kappa shape index (κ1) is 24.3. The summed E-state index contributed by atoms with van der Waals surface area (Å²) in [6.07, 6.45) is -4.27. The summed E-state index contributed by atoms with van der Waals surface area (Å²) in [5.74, 6) is 0.0286. The zero-order valence-electron chi connectivity index (χ0n) is 17.2. The first-order valence-corrected chi connectivity index (χ1v) is 11.7. The van der Waals surface area contributed by atoms with Gasteiger partial charge in [-0.2, -0.15) is 17.5 Å². The molecule has 1 heterocycles. The van der Waals surface area contributed by atoms with Crippen LogP contribution >= 0.6 is 11.6 Å². The minimum absolute atomic E-state index is 0.0215. The number of carbonyl (C=O) groups excluding carboxylic acids is 1. The molecule has 0 aromatic heterocycles. The lowest BCUT2D eigenvalue weighted by Gasteiger charge is -2.30. The predicted octanol–water partition coefficient (Wildman–Crippen LogP) is 4.80. The van der Waals surface area contributed by atoms with Crippen molar-refractivity contribution < 1.29 is 31.1 Å². The molecule has 174 valence electrons. The van der Waals surface area contributed by atoms with E-state index >= 15 is 0 Å². The Balaban J connectivity index is 1.64. The van der Waals surface area contributed by atoms with Gasteiger partial charge in [0.25, 0.3) is 0 Å². The van der Waals surface area contributed by atoms with E-state index in [-0.39, 0.29) is 31.8 Å². The highest BCUT2D eigenvalue weighted by atomic mass is 35.5. The van der Waals surface area contributed by atoms with Gasteiger partial charge in [0.05, 0.1) is 22.1 Å². The zero-order chi connectivity index (χ0) is 23.5. The monoisotopic (exact) mass is 490 g/mol. The number of hydrogen-bond acceptors (Lipinski definition) is 4. The maximum Gasteiger partial charge on any atom is 0.417 e. The van der Waals surface area contributed by atoms with Crippen LogP contribution in [-0.2, 0) is 21.0 Å². The third-order valence-electron chi connectivity index (χ3n) is 5.14. The number of piperidine rings is 1. The van der Waals surface area contributed by atoms with Crippen molar-refractivity contribution in [2.45, 2.75) is 30.8 Å². The van der Waals surface area contributed by atoms with Crippen LogP contribution in [0.1, 0.15) is 25.3 Å². The first-order chi connectivity index (χ1) is 15.0. The Kier molecular flexibility index (Phi) is 7.36. The second-order valence-corrected chi connectivity index (χ2v) is 9.61. The molecule has 0 atom stereocenters. The van der Waals surface area contributed by atoms with Gasteiger partial charge in [-0.3, -0.25) is 4.79 Å². The molecule has 2 aromatic carbocycles. The van der Waals surface area contributed by atoms with Crippen LogP contribution in [0.15, 0.2) is 47.4 Å². The van der Waals surface area contributed by atoms with Crippen LogP contribution in [0.2, 0.25) is 5.02 Å². The van der Waals surface area contributed by atoms with Gasteiger partial charge in [0.15, 0.2) is 0 Å². The van der Waals surface area contributed by atoms with E-state index in [0.717, 1.165) is 16.4 Å². The Morgan fingerprint density at radius 1 is 1.16 bits per heavy atom. The topological polar surface area (TPSA) is 75.7 Å². The highest BCUT2D eigenvalue weighted by Crippen LogP contribution is 2.37. The van der Waals surface area contributed by atoms with E-state index < -0.39 is 37.6 Å². The van der Waals surface area contributed by atoms with Gasteiger partial charge in [-0.25, -0.2) is 8.42 Å². The van der Waals surface area contributed by atoms with Crippen molar-refractivity contribution in [3.8, 4) is 5.75 Å². The van der Waals surface area contributed by atoms with Crippen LogP contribution in [0.3, 0.4) is 0 Å². The minimum Gasteiger partial charge on any atom is -0.494 e. The largest absolute Gasteiger partial charge is 0.494 e. The second-order valence-electron chi connectivity index (χ2n) is 7.26. The number of amides is 1. The van der Waals surface area contributed by atoms with Crippen molar-refractivity contribution in [3.05, 3.63) is 53.1 Å². The first-order valence-electron chi connectivity index (χ1n) is 9.93. The summed E-state index contributed by atoms with van der Waals surface area (Å²) in [5.41, 5.74) is -0.612. The summed E-state index contributed by atoms with van der Waals surface area (Å²) in [4.78, 5) is 12.1. The number of rotatable bonds is 6. The molecule has 0 unspecified atom stereocenters. The lowest BCUT2D eigenvalue weighted by molar-refractivity contribution is -0.137. The number of hydrogen-bond donors (Lipinski definition) is 1. The van der Waals surface area contributed by atoms with Crippen LogP contribution in [0, 0.1) is 5.92 Å². The number of alkyl halides is 3. The van der Waals surface area contributed by atoms with E-state index in [1.807, 2.05) is 6.92 Å². The lowest BCUT2D eigenvalue weighted by atomic mass is 9.97. The van der Waals surface area contributed by atoms with Gasteiger partial charge in [0.1, 0.15) is 5.75 Å². The number of anilines is 1. The minimum atomic E-state index is -4.77. The van der Waals surface area contributed by atoms with Crippen molar-refractivity contribution in [3.63, 3.8) is 0 Å². The van der Waals surface area contributed by atoms with Crippen LogP contribution in [-0.4, -0.2) is 38.3 Å². The van der Waals surface area contributed by atoms with E-state index in [0.29, 0.717) is 24.1 Å². The van der Waals surface area contributed by atoms with E-state index in [2.05, 4.69) is 5.32 Å². The van der Waals surface area contributed by atoms with Gasteiger partial charge >= 0.3 is 6.18 Å². The van der Waals surface area contributed by atoms with Crippen molar-refractivity contribution >= 4 is 33.2 Å². The Hall–Kier alpha value is -2.30. The zero-order valence-corrected chi connectivity index (χ0v) is 18.7. The molecular weight excluding hydrogens is 469 g/mol. The smallest absolute Gasteiger partial charge is 0.417 e. The van der Waals surface area contributed by atoms with Crippen LogP contribution in [0.5, 0.6) is 5.75 Å². The Morgan fingerprint density at radius 3 is 2.34 bits per heavy atom. The number of nitrogens with one attached hydrogen (secondary N) is 1. The quantitative estimate of drug-likeness (QED) is 0.631.